The summed E-state index contributed by atoms with van der Waals surface area (Å²) in [6.07, 6.45) is 3.71. The maximum Gasteiger partial charge on any atom is 0.303 e. The van der Waals surface area contributed by atoms with Crippen molar-refractivity contribution in [1.82, 2.24) is 0 Å². The van der Waals surface area contributed by atoms with Crippen LogP contribution >= 0.6 is 22.6 Å². The number of hydrogen-bond acceptors (Lipinski definition) is 2. The fraction of sp³-hybridized carbons (Fsp3) is 0.467. The van der Waals surface area contributed by atoms with Gasteiger partial charge in [-0.2, -0.15) is 0 Å². The van der Waals surface area contributed by atoms with Crippen LogP contribution in [0.1, 0.15) is 38.5 Å². The first-order valence-corrected chi connectivity index (χ1v) is 7.95. The van der Waals surface area contributed by atoms with Gasteiger partial charge in [-0.25, -0.2) is 4.39 Å². The van der Waals surface area contributed by atoms with Crippen molar-refractivity contribution in [3.05, 3.63) is 27.6 Å². The van der Waals surface area contributed by atoms with Gasteiger partial charge in [0.1, 0.15) is 5.82 Å². The fourth-order valence-electron chi connectivity index (χ4n) is 2.99. The van der Waals surface area contributed by atoms with E-state index in [1.54, 1.807) is 0 Å². The summed E-state index contributed by atoms with van der Waals surface area (Å²) < 4.78 is 13.7. The number of anilines is 1. The highest BCUT2D eigenvalue weighted by atomic mass is 127. The molecular weight excluding hydrogens is 388 g/mol. The van der Waals surface area contributed by atoms with E-state index in [1.165, 1.54) is 18.2 Å². The maximum absolute atomic E-state index is 13.0. The van der Waals surface area contributed by atoms with Gasteiger partial charge in [-0.3, -0.25) is 9.59 Å². The number of carbonyl (C=O) groups is 2. The summed E-state index contributed by atoms with van der Waals surface area (Å²) in [6, 6.07) is 4.16. The van der Waals surface area contributed by atoms with E-state index in [9.17, 15) is 14.0 Å². The Morgan fingerprint density at radius 2 is 1.95 bits per heavy atom. The van der Waals surface area contributed by atoms with E-state index in [-0.39, 0.29) is 24.6 Å². The van der Waals surface area contributed by atoms with Crippen LogP contribution in [-0.4, -0.2) is 17.0 Å². The number of hydrogen-bond donors (Lipinski definition) is 2. The van der Waals surface area contributed by atoms with Crippen molar-refractivity contribution in [3.8, 4) is 0 Å². The number of carboxylic acids is 1. The summed E-state index contributed by atoms with van der Waals surface area (Å²) in [6.45, 7) is 0. The standard InChI is InChI=1S/C15H17FINO3/c16-10-3-4-12(11(17)7-10)18-13(19)8-15(9-14(20)21)5-1-2-6-15/h3-4,7H,1-2,5-6,8-9H2,(H,18,19)(H,20,21). The van der Waals surface area contributed by atoms with Crippen molar-refractivity contribution < 1.29 is 19.1 Å². The molecule has 0 unspecified atom stereocenters. The molecule has 4 nitrogen and oxygen atoms in total. The molecule has 0 aliphatic heterocycles. The highest BCUT2D eigenvalue weighted by Gasteiger charge is 2.38. The van der Waals surface area contributed by atoms with Gasteiger partial charge in [0.2, 0.25) is 5.91 Å². The molecule has 0 bridgehead atoms. The lowest BCUT2D eigenvalue weighted by Gasteiger charge is -2.26. The van der Waals surface area contributed by atoms with Crippen molar-refractivity contribution in [2.45, 2.75) is 38.5 Å². The summed E-state index contributed by atoms with van der Waals surface area (Å²) >= 11 is 1.96. The Hall–Kier alpha value is -1.18. The summed E-state index contributed by atoms with van der Waals surface area (Å²) in [5.41, 5.74) is 0.131. The van der Waals surface area contributed by atoms with Crippen LogP contribution in [0, 0.1) is 14.8 Å². The van der Waals surface area contributed by atoms with Gasteiger partial charge in [-0.05, 0) is 59.0 Å². The van der Waals surface area contributed by atoms with E-state index in [0.717, 1.165) is 25.7 Å². The molecule has 0 saturated heterocycles. The highest BCUT2D eigenvalue weighted by Crippen LogP contribution is 2.44. The predicted octanol–water partition coefficient (Wildman–Crippen LogP) is 3.79. The van der Waals surface area contributed by atoms with Gasteiger partial charge in [0.05, 0.1) is 12.1 Å². The lowest BCUT2D eigenvalue weighted by atomic mass is 9.79. The van der Waals surface area contributed by atoms with E-state index < -0.39 is 11.4 Å². The first kappa shape index (κ1) is 16.2. The van der Waals surface area contributed by atoms with Crippen LogP contribution in [0.3, 0.4) is 0 Å². The van der Waals surface area contributed by atoms with Gasteiger partial charge in [-0.15, -0.1) is 0 Å². The molecule has 1 aromatic carbocycles. The SMILES string of the molecule is O=C(O)CC1(CC(=O)Nc2ccc(F)cc2I)CCCC1. The van der Waals surface area contributed by atoms with Gasteiger partial charge in [0.15, 0.2) is 0 Å². The topological polar surface area (TPSA) is 66.4 Å². The lowest BCUT2D eigenvalue weighted by Crippen LogP contribution is -2.27. The van der Waals surface area contributed by atoms with Gasteiger partial charge in [0.25, 0.3) is 0 Å². The molecule has 0 spiro atoms. The average molecular weight is 405 g/mol. The van der Waals surface area contributed by atoms with Crippen LogP contribution in [0.2, 0.25) is 0 Å². The Kier molecular flexibility index (Phi) is 5.18. The average Bonchev–Trinajstić information content (AvgIpc) is 2.80. The third-order valence-electron chi connectivity index (χ3n) is 3.93. The first-order valence-electron chi connectivity index (χ1n) is 6.87. The largest absolute Gasteiger partial charge is 0.481 e. The Bertz CT molecular complexity index is 556. The normalized spacial score (nSPS) is 16.7. The molecule has 1 aliphatic rings. The lowest BCUT2D eigenvalue weighted by molar-refractivity contribution is -0.140. The number of carbonyl (C=O) groups excluding carboxylic acids is 1. The molecule has 6 heteroatoms. The Balaban J connectivity index is 2.04. The van der Waals surface area contributed by atoms with E-state index in [2.05, 4.69) is 5.32 Å². The molecule has 1 aliphatic carbocycles. The summed E-state index contributed by atoms with van der Waals surface area (Å²) in [5.74, 6) is -1.42. The van der Waals surface area contributed by atoms with Crippen molar-refractivity contribution in [1.29, 1.82) is 0 Å². The van der Waals surface area contributed by atoms with Gasteiger partial charge >= 0.3 is 5.97 Å². The molecule has 1 amide bonds. The number of carboxylic acid groups (broad SMARTS) is 1. The van der Waals surface area contributed by atoms with Crippen LogP contribution in [-0.2, 0) is 9.59 Å². The van der Waals surface area contributed by atoms with Gasteiger partial charge < -0.3 is 10.4 Å². The number of rotatable bonds is 5. The second kappa shape index (κ2) is 6.72. The van der Waals surface area contributed by atoms with E-state index in [4.69, 9.17) is 5.11 Å². The molecule has 2 N–H and O–H groups in total. The Morgan fingerprint density at radius 3 is 2.52 bits per heavy atom. The van der Waals surface area contributed by atoms with E-state index >= 15 is 0 Å². The van der Waals surface area contributed by atoms with Crippen LogP contribution in [0.5, 0.6) is 0 Å². The van der Waals surface area contributed by atoms with Crippen molar-refractivity contribution >= 4 is 40.2 Å². The zero-order valence-electron chi connectivity index (χ0n) is 11.5. The second-order valence-electron chi connectivity index (χ2n) is 5.63. The van der Waals surface area contributed by atoms with Crippen LogP contribution in [0.25, 0.3) is 0 Å². The summed E-state index contributed by atoms with van der Waals surface area (Å²) in [4.78, 5) is 23.2. The molecule has 0 atom stereocenters. The van der Waals surface area contributed by atoms with Crippen LogP contribution in [0.15, 0.2) is 18.2 Å². The highest BCUT2D eigenvalue weighted by molar-refractivity contribution is 14.1. The molecule has 0 radical (unpaired) electrons. The molecule has 0 aromatic heterocycles. The third kappa shape index (κ3) is 4.39. The Labute approximate surface area is 136 Å². The molecule has 1 aromatic rings. The Morgan fingerprint density at radius 1 is 1.29 bits per heavy atom. The third-order valence-corrected chi connectivity index (χ3v) is 4.82. The van der Waals surface area contributed by atoms with E-state index in [0.29, 0.717) is 9.26 Å². The van der Waals surface area contributed by atoms with Crippen LogP contribution < -0.4 is 5.32 Å². The monoisotopic (exact) mass is 405 g/mol. The van der Waals surface area contributed by atoms with Gasteiger partial charge in [0, 0.05) is 9.99 Å². The second-order valence-corrected chi connectivity index (χ2v) is 6.79. The van der Waals surface area contributed by atoms with E-state index in [1.807, 2.05) is 22.6 Å². The molecule has 0 heterocycles. The van der Waals surface area contributed by atoms with Gasteiger partial charge in [-0.1, -0.05) is 12.8 Å². The number of nitrogens with one attached hydrogen (secondary N) is 1. The molecule has 1 saturated carbocycles. The predicted molar refractivity (Wildman–Crippen MR) is 85.5 cm³/mol. The zero-order chi connectivity index (χ0) is 15.5. The maximum atomic E-state index is 13.0. The number of benzene rings is 1. The summed E-state index contributed by atoms with van der Waals surface area (Å²) in [7, 11) is 0. The number of aliphatic carboxylic acids is 1. The molecular formula is C15H17FINO3. The minimum Gasteiger partial charge on any atom is -0.481 e. The first-order chi connectivity index (χ1) is 9.90. The van der Waals surface area contributed by atoms with Crippen molar-refractivity contribution in [2.24, 2.45) is 5.41 Å². The van der Waals surface area contributed by atoms with Crippen LogP contribution in [0.4, 0.5) is 10.1 Å². The fourth-order valence-corrected chi connectivity index (χ4v) is 3.60. The minimum absolute atomic E-state index is 0.0287. The zero-order valence-corrected chi connectivity index (χ0v) is 13.7. The van der Waals surface area contributed by atoms with Crippen molar-refractivity contribution in [2.75, 3.05) is 5.32 Å². The molecule has 21 heavy (non-hydrogen) atoms. The molecule has 1 fully saturated rings. The summed E-state index contributed by atoms with van der Waals surface area (Å²) in [5, 5.41) is 11.8. The number of halogens is 2. The molecule has 2 rings (SSSR count). The number of amides is 1. The smallest absolute Gasteiger partial charge is 0.303 e. The molecule has 114 valence electrons. The quantitative estimate of drug-likeness (QED) is 0.733. The minimum atomic E-state index is -0.860. The van der Waals surface area contributed by atoms with Crippen molar-refractivity contribution in [3.63, 3.8) is 0 Å².